The fourth-order valence-corrected chi connectivity index (χ4v) is 12.0. The highest BCUT2D eigenvalue weighted by atomic mass is 35.6. The average Bonchev–Trinajstić information content (AvgIpc) is 3.69. The Bertz CT molecular complexity index is 2080. The molecule has 2 aromatic carbocycles. The molecule has 0 amide bonds. The highest BCUT2D eigenvalue weighted by Crippen LogP contribution is 2.55. The number of halogens is 3. The van der Waals surface area contributed by atoms with Crippen LogP contribution in [-0.4, -0.2) is 111 Å². The number of hydrogen-bond donors (Lipinski definition) is 3. The van der Waals surface area contributed by atoms with Gasteiger partial charge in [-0.3, -0.25) is 14.6 Å². The molecule has 4 aromatic rings. The van der Waals surface area contributed by atoms with E-state index in [0.717, 1.165) is 48.2 Å². The fraction of sp³-hybridized carbons (Fsp3) is 0.558. The number of carbonyl (C=O) groups is 1. The van der Waals surface area contributed by atoms with E-state index in [1.54, 1.807) is 7.11 Å². The Morgan fingerprint density at radius 2 is 1.74 bits per heavy atom. The molecule has 2 aliphatic carbocycles. The highest BCUT2D eigenvalue weighted by Gasteiger charge is 2.59. The Morgan fingerprint density at radius 1 is 1.02 bits per heavy atom. The van der Waals surface area contributed by atoms with Gasteiger partial charge in [-0.25, -0.2) is 0 Å². The second-order valence-corrected chi connectivity index (χ2v) is 18.3. The van der Waals surface area contributed by atoms with Crippen molar-refractivity contribution < 1.29 is 35.8 Å². The molecule has 314 valence electrons. The van der Waals surface area contributed by atoms with E-state index in [2.05, 4.69) is 83.1 Å². The van der Waals surface area contributed by atoms with E-state index in [1.165, 1.54) is 77.3 Å². The van der Waals surface area contributed by atoms with Crippen molar-refractivity contribution in [2.75, 3.05) is 47.5 Å². The van der Waals surface area contributed by atoms with Gasteiger partial charge < -0.3 is 41.0 Å². The second kappa shape index (κ2) is 17.8. The van der Waals surface area contributed by atoms with Crippen molar-refractivity contribution in [1.29, 1.82) is 0 Å². The van der Waals surface area contributed by atoms with Gasteiger partial charge >= 0.3 is 5.97 Å². The molecule has 6 heterocycles. The maximum atomic E-state index is 14.1. The first-order valence-corrected chi connectivity index (χ1v) is 20.9. The van der Waals surface area contributed by atoms with Crippen molar-refractivity contribution in [2.24, 2.45) is 23.2 Å². The number of carbonyl (C=O) groups excluding carboxylic acids is 1. The maximum Gasteiger partial charge on any atom is 0.316 e. The van der Waals surface area contributed by atoms with Crippen LogP contribution in [0.15, 0.2) is 48.0 Å². The number of nitrogens with zero attached hydrogens (tertiary/aromatic N) is 2. The topological polar surface area (TPSA) is 188 Å². The Balaban J connectivity index is 0.000000848. The van der Waals surface area contributed by atoms with Crippen molar-refractivity contribution in [2.45, 2.75) is 80.6 Å². The molecule has 0 spiro atoms. The third kappa shape index (κ3) is 7.29. The fourth-order valence-electron chi connectivity index (χ4n) is 12.0. The molecule has 4 aliphatic heterocycles. The van der Waals surface area contributed by atoms with Crippen LogP contribution in [0.25, 0.3) is 21.8 Å². The van der Waals surface area contributed by atoms with E-state index >= 15 is 0 Å². The Morgan fingerprint density at radius 3 is 2.40 bits per heavy atom. The molecule has 1 saturated carbocycles. The van der Waals surface area contributed by atoms with E-state index in [9.17, 15) is 9.90 Å². The van der Waals surface area contributed by atoms with Crippen molar-refractivity contribution >= 4 is 62.6 Å². The number of ether oxygens (including phenoxy) is 2. The summed E-state index contributed by atoms with van der Waals surface area (Å²) in [6.45, 7) is 7.29. The molecule has 57 heavy (non-hydrogen) atoms. The number of aromatic nitrogens is 2. The monoisotopic (exact) mass is 848 g/mol. The van der Waals surface area contributed by atoms with Gasteiger partial charge in [0.05, 0.1) is 20.8 Å². The average molecular weight is 850 g/mol. The van der Waals surface area contributed by atoms with Crippen LogP contribution in [0.1, 0.15) is 79.4 Å². The van der Waals surface area contributed by atoms with Gasteiger partial charge in [0.1, 0.15) is 11.2 Å². The van der Waals surface area contributed by atoms with Gasteiger partial charge in [-0.15, -0.1) is 0 Å². The number of H-pyrrole nitrogens is 2. The van der Waals surface area contributed by atoms with Crippen LogP contribution in [0.4, 0.5) is 0 Å². The van der Waals surface area contributed by atoms with E-state index in [0.29, 0.717) is 24.8 Å². The number of alkyl halides is 3. The predicted octanol–water partition coefficient (Wildman–Crippen LogP) is 6.04. The van der Waals surface area contributed by atoms with Crippen LogP contribution in [0.3, 0.4) is 0 Å². The second-order valence-electron chi connectivity index (χ2n) is 16.3. The number of aliphatic hydroxyl groups excluding tert-OH is 1. The lowest BCUT2D eigenvalue weighted by atomic mass is 9.58. The molecule has 10 rings (SSSR count). The van der Waals surface area contributed by atoms with Crippen LogP contribution in [0, 0.1) is 23.2 Å². The molecule has 0 radical (unpaired) electrons. The maximum absolute atomic E-state index is 14.1. The zero-order valence-corrected chi connectivity index (χ0v) is 35.7. The minimum absolute atomic E-state index is 0. The number of fused-ring (bicyclic) bond motifs is 9. The normalized spacial score (nSPS) is 30.7. The first-order valence-electron chi connectivity index (χ1n) is 19.6. The zero-order chi connectivity index (χ0) is 38.1. The van der Waals surface area contributed by atoms with Crippen LogP contribution in [0.2, 0.25) is 0 Å². The van der Waals surface area contributed by atoms with Gasteiger partial charge in [0, 0.05) is 88.2 Å². The number of rotatable bonds is 5. The van der Waals surface area contributed by atoms with Crippen LogP contribution < -0.4 is 4.74 Å². The van der Waals surface area contributed by atoms with Gasteiger partial charge in [-0.1, -0.05) is 78.0 Å². The molecule has 11 nitrogen and oxygen atoms in total. The van der Waals surface area contributed by atoms with Crippen molar-refractivity contribution in [1.82, 2.24) is 19.8 Å². The van der Waals surface area contributed by atoms with Gasteiger partial charge in [-0.05, 0) is 87.2 Å². The number of esters is 1. The van der Waals surface area contributed by atoms with Crippen molar-refractivity contribution in [3.05, 3.63) is 76.1 Å². The summed E-state index contributed by atoms with van der Waals surface area (Å²) in [4.78, 5) is 27.1. The molecule has 2 aromatic heterocycles. The standard InChI is InChI=1S/C42H52N4O4.CHCl3.3H2O/c1-6-24-14-23-15-32-38-27(12-13-46(20-23)40(24)32)28-18-36(49-4)29(17-35(28)44-38)30-16-33-25(7-2)21-45(3)37(42(33,22-47)41(48)50-5)19-31-26-10-8-9-11-34(26)43-39(30)31;2-1(3)4;;;/h7-11,17-18,23-24,30,32-33,37,40,43-44,47H,6,12-16,19-22H2,1-5H3;1H;3*1H2/b25-7-;;;;/t23-,24+,30-,32+,33+,37+,40+,42+;;;;/m1..../s1. The number of hydrogen-bond acceptors (Lipinski definition) is 6. The molecule has 6 aliphatic rings. The molecule has 9 N–H and O–H groups in total. The Labute approximate surface area is 349 Å². The van der Waals surface area contributed by atoms with E-state index < -0.39 is 9.71 Å². The van der Waals surface area contributed by atoms with Crippen molar-refractivity contribution in [3.63, 3.8) is 0 Å². The smallest absolute Gasteiger partial charge is 0.316 e. The minimum atomic E-state index is -1.11. The lowest BCUT2D eigenvalue weighted by molar-refractivity contribution is -0.169. The summed E-state index contributed by atoms with van der Waals surface area (Å²) >= 11 is 14.4. The molecule has 6 bridgehead atoms. The van der Waals surface area contributed by atoms with E-state index in [1.807, 2.05) is 0 Å². The largest absolute Gasteiger partial charge is 0.496 e. The van der Waals surface area contributed by atoms with Gasteiger partial charge in [0.15, 0.2) is 4.30 Å². The third-order valence-electron chi connectivity index (χ3n) is 14.1. The molecule has 4 fully saturated rings. The van der Waals surface area contributed by atoms with Crippen LogP contribution in [-0.2, 0) is 22.4 Å². The first kappa shape index (κ1) is 45.2. The zero-order valence-electron chi connectivity index (χ0n) is 33.4. The first-order chi connectivity index (χ1) is 26.1. The van der Waals surface area contributed by atoms with Gasteiger partial charge in [0.2, 0.25) is 0 Å². The van der Waals surface area contributed by atoms with Crippen LogP contribution in [0.5, 0.6) is 5.75 Å². The summed E-state index contributed by atoms with van der Waals surface area (Å²) in [5.41, 5.74) is 8.77. The Hall–Kier alpha value is -2.84. The van der Waals surface area contributed by atoms with Gasteiger partial charge in [-0.2, -0.15) is 0 Å². The number of likely N-dealkylation sites (tertiary alicyclic amines) is 1. The third-order valence-corrected chi connectivity index (χ3v) is 14.1. The summed E-state index contributed by atoms with van der Waals surface area (Å²) in [7, 11) is 5.34. The predicted molar refractivity (Wildman–Crippen MR) is 229 cm³/mol. The summed E-state index contributed by atoms with van der Waals surface area (Å²) in [5.74, 6) is 2.33. The number of likely N-dealkylation sites (N-methyl/N-ethyl adjacent to an activating group) is 1. The van der Waals surface area contributed by atoms with Crippen molar-refractivity contribution in [3.8, 4) is 5.75 Å². The number of para-hydroxylation sites is 1. The summed E-state index contributed by atoms with van der Waals surface area (Å²) < 4.78 is 11.2. The lowest BCUT2D eigenvalue weighted by Gasteiger charge is -2.53. The molecule has 3 saturated heterocycles. The number of piperidine rings is 3. The quantitative estimate of drug-likeness (QED) is 0.125. The van der Waals surface area contributed by atoms with Gasteiger partial charge in [0.25, 0.3) is 0 Å². The number of aromatic amines is 2. The van der Waals surface area contributed by atoms with E-state index in [4.69, 9.17) is 44.3 Å². The summed E-state index contributed by atoms with van der Waals surface area (Å²) in [6.07, 6.45) is 8.39. The molecule has 1 unspecified atom stereocenters. The number of nitrogens with one attached hydrogen (secondary N) is 2. The number of benzene rings is 2. The highest BCUT2D eigenvalue weighted by molar-refractivity contribution is 6.63. The number of methoxy groups -OCH3 is 2. The molecular formula is C43H59Cl3N4O7. The molecule has 9 atom stereocenters. The molecular weight excluding hydrogens is 791 g/mol. The Kier molecular flexibility index (Phi) is 14.1. The van der Waals surface area contributed by atoms with Crippen LogP contribution >= 0.6 is 34.8 Å². The lowest BCUT2D eigenvalue weighted by Crippen LogP contribution is -2.63. The minimum Gasteiger partial charge on any atom is -0.496 e. The number of aliphatic hydroxyl groups is 1. The number of allylic oxidation sites excluding steroid dienone is 1. The SMILES string of the molecule is C/C=C1/CN(C)[C@H]2Cc3c([nH]c4ccccc34)[C@@H](c3cc4[nH]c5c(c4cc3OC)CCN3C[C@@H]4C[C@H](CC)[C@H]3[C@H]5C4)C[C@@H]1[C@]2(CO)C(=O)OC.ClC(Cl)Cl.O.O.O. The summed E-state index contributed by atoms with van der Waals surface area (Å²) in [5, 5.41) is 13.8. The van der Waals surface area contributed by atoms with E-state index in [-0.39, 0.29) is 46.9 Å². The molecule has 14 heteroatoms. The summed E-state index contributed by atoms with van der Waals surface area (Å²) in [6, 6.07) is 13.6.